The monoisotopic (exact) mass is 379 g/mol. The quantitative estimate of drug-likeness (QED) is 0.768. The second-order valence-electron chi connectivity index (χ2n) is 6.82. The first-order valence-electron chi connectivity index (χ1n) is 9.08. The van der Waals surface area contributed by atoms with Crippen molar-refractivity contribution in [3.63, 3.8) is 0 Å². The summed E-state index contributed by atoms with van der Waals surface area (Å²) in [5, 5.41) is 4.88. The Labute approximate surface area is 156 Å². The molecule has 3 amide bonds. The maximum absolute atomic E-state index is 12.9. The van der Waals surface area contributed by atoms with E-state index in [1.165, 1.54) is 10.4 Å². The van der Waals surface area contributed by atoms with Gasteiger partial charge in [-0.1, -0.05) is 13.3 Å². The van der Waals surface area contributed by atoms with Gasteiger partial charge in [0.15, 0.2) is 0 Å². The molecule has 2 aliphatic heterocycles. The summed E-state index contributed by atoms with van der Waals surface area (Å²) in [7, 11) is 0. The zero-order valence-electron chi connectivity index (χ0n) is 14.9. The van der Waals surface area contributed by atoms with E-state index in [1.807, 2.05) is 11.8 Å². The number of carbonyl (C=O) groups is 3. The van der Waals surface area contributed by atoms with E-state index in [-0.39, 0.29) is 11.8 Å². The van der Waals surface area contributed by atoms with E-state index >= 15 is 0 Å². The van der Waals surface area contributed by atoms with Crippen molar-refractivity contribution in [1.29, 1.82) is 0 Å². The average molecular weight is 379 g/mol. The number of thiophene rings is 1. The van der Waals surface area contributed by atoms with Gasteiger partial charge in [0.05, 0.1) is 0 Å². The van der Waals surface area contributed by atoms with E-state index in [0.717, 1.165) is 12.8 Å². The fourth-order valence-electron chi connectivity index (χ4n) is 3.51. The zero-order valence-corrected chi connectivity index (χ0v) is 15.7. The summed E-state index contributed by atoms with van der Waals surface area (Å²) in [6, 6.07) is 1.49. The maximum Gasteiger partial charge on any atom is 0.249 e. The minimum atomic E-state index is -0.718. The minimum absolute atomic E-state index is 0.0542. The molecule has 3 atom stereocenters. The first-order chi connectivity index (χ1) is 12.5. The van der Waals surface area contributed by atoms with Crippen LogP contribution >= 0.6 is 11.3 Å². The molecule has 1 aromatic rings. The Morgan fingerprint density at radius 1 is 1.38 bits per heavy atom. The standard InChI is InChI=1S/C18H25N3O4S/c1-2-3-12(20-17(23)14-5-4-13(25-14)16(19)22)18(24)21-8-6-15-11(10-21)7-9-26-15/h7,9,12-14H,2-6,8,10H2,1H3,(H2,19,22)(H,20,23)/t12-,13+,14+/m0/s1. The molecule has 0 spiro atoms. The van der Waals surface area contributed by atoms with Crippen molar-refractivity contribution in [3.8, 4) is 0 Å². The molecule has 0 aromatic carbocycles. The lowest BCUT2D eigenvalue weighted by Gasteiger charge is -2.31. The van der Waals surface area contributed by atoms with Crippen molar-refractivity contribution in [1.82, 2.24) is 10.2 Å². The third-order valence-corrected chi connectivity index (χ3v) is 5.96. The highest BCUT2D eigenvalue weighted by molar-refractivity contribution is 7.10. The molecule has 0 saturated carbocycles. The van der Waals surface area contributed by atoms with E-state index in [1.54, 1.807) is 11.3 Å². The molecule has 1 fully saturated rings. The highest BCUT2D eigenvalue weighted by Gasteiger charge is 2.36. The van der Waals surface area contributed by atoms with Crippen LogP contribution in [0.4, 0.5) is 0 Å². The van der Waals surface area contributed by atoms with Crippen LogP contribution in [0.25, 0.3) is 0 Å². The van der Waals surface area contributed by atoms with Gasteiger partial charge in [-0.2, -0.15) is 0 Å². The van der Waals surface area contributed by atoms with Crippen LogP contribution in [0.15, 0.2) is 11.4 Å². The molecule has 3 N–H and O–H groups in total. The molecule has 3 rings (SSSR count). The second-order valence-corrected chi connectivity index (χ2v) is 7.82. The number of fused-ring (bicyclic) bond motifs is 1. The Bertz CT molecular complexity index is 690. The molecule has 0 radical (unpaired) electrons. The third-order valence-electron chi connectivity index (χ3n) is 4.94. The molecule has 0 bridgehead atoms. The lowest BCUT2D eigenvalue weighted by Crippen LogP contribution is -2.51. The van der Waals surface area contributed by atoms with Gasteiger partial charge in [-0.05, 0) is 42.7 Å². The lowest BCUT2D eigenvalue weighted by molar-refractivity contribution is -0.142. The number of hydrogen-bond acceptors (Lipinski definition) is 5. The van der Waals surface area contributed by atoms with Crippen molar-refractivity contribution >= 4 is 29.1 Å². The van der Waals surface area contributed by atoms with Crippen molar-refractivity contribution < 1.29 is 19.1 Å². The molecule has 0 aliphatic carbocycles. The summed E-state index contributed by atoms with van der Waals surface area (Å²) in [6.07, 6.45) is 1.65. The van der Waals surface area contributed by atoms with Gasteiger partial charge in [0.2, 0.25) is 17.7 Å². The third kappa shape index (κ3) is 4.07. The zero-order chi connectivity index (χ0) is 18.7. The van der Waals surface area contributed by atoms with Crippen molar-refractivity contribution in [3.05, 3.63) is 21.9 Å². The molecule has 142 valence electrons. The number of primary amides is 1. The molecule has 0 unspecified atom stereocenters. The van der Waals surface area contributed by atoms with Crippen LogP contribution in [-0.2, 0) is 32.1 Å². The molecule has 3 heterocycles. The minimum Gasteiger partial charge on any atom is -0.367 e. The Balaban J connectivity index is 1.61. The van der Waals surface area contributed by atoms with Gasteiger partial charge in [0.1, 0.15) is 18.2 Å². The number of nitrogens with two attached hydrogens (primary N) is 1. The van der Waals surface area contributed by atoms with Crippen molar-refractivity contribution in [2.45, 2.75) is 63.8 Å². The smallest absolute Gasteiger partial charge is 0.249 e. The van der Waals surface area contributed by atoms with Gasteiger partial charge in [-0.3, -0.25) is 14.4 Å². The van der Waals surface area contributed by atoms with Crippen LogP contribution in [0.1, 0.15) is 43.0 Å². The topological polar surface area (TPSA) is 102 Å². The van der Waals surface area contributed by atoms with Gasteiger partial charge in [-0.15, -0.1) is 11.3 Å². The van der Waals surface area contributed by atoms with Gasteiger partial charge < -0.3 is 20.7 Å². The SMILES string of the molecule is CCC[C@H](NC(=O)[C@H]1CC[C@H](C(N)=O)O1)C(=O)N1CCc2sccc2C1. The molecular formula is C18H25N3O4S. The molecule has 1 aromatic heterocycles. The first-order valence-corrected chi connectivity index (χ1v) is 9.96. The summed E-state index contributed by atoms with van der Waals surface area (Å²) in [4.78, 5) is 39.8. The normalized spacial score (nSPS) is 23.3. The molecule has 1 saturated heterocycles. The van der Waals surface area contributed by atoms with E-state index in [2.05, 4.69) is 16.8 Å². The predicted molar refractivity (Wildman–Crippen MR) is 97.4 cm³/mol. The van der Waals surface area contributed by atoms with Crippen LogP contribution < -0.4 is 11.1 Å². The molecule has 2 aliphatic rings. The van der Waals surface area contributed by atoms with Crippen LogP contribution in [0, 0.1) is 0 Å². The van der Waals surface area contributed by atoms with Crippen molar-refractivity contribution in [2.75, 3.05) is 6.54 Å². The number of nitrogens with zero attached hydrogens (tertiary/aromatic N) is 1. The Kier molecular flexibility index (Phi) is 5.93. The van der Waals surface area contributed by atoms with Crippen molar-refractivity contribution in [2.24, 2.45) is 5.73 Å². The number of carbonyl (C=O) groups excluding carboxylic acids is 3. The second kappa shape index (κ2) is 8.18. The Morgan fingerprint density at radius 3 is 2.85 bits per heavy atom. The molecule has 7 nitrogen and oxygen atoms in total. The number of nitrogens with one attached hydrogen (secondary N) is 1. The Hall–Kier alpha value is -1.93. The number of rotatable bonds is 6. The Morgan fingerprint density at radius 2 is 2.15 bits per heavy atom. The van der Waals surface area contributed by atoms with Crippen LogP contribution in [-0.4, -0.2) is 47.4 Å². The van der Waals surface area contributed by atoms with Crippen LogP contribution in [0.5, 0.6) is 0 Å². The number of amides is 3. The fraction of sp³-hybridized carbons (Fsp3) is 0.611. The summed E-state index contributed by atoms with van der Waals surface area (Å²) in [6.45, 7) is 3.25. The first kappa shape index (κ1) is 18.8. The largest absolute Gasteiger partial charge is 0.367 e. The molecular weight excluding hydrogens is 354 g/mol. The highest BCUT2D eigenvalue weighted by Crippen LogP contribution is 2.25. The van der Waals surface area contributed by atoms with E-state index in [4.69, 9.17) is 10.5 Å². The van der Waals surface area contributed by atoms with Gasteiger partial charge in [0.25, 0.3) is 0 Å². The number of ether oxygens (including phenoxy) is 1. The van der Waals surface area contributed by atoms with Crippen LogP contribution in [0.3, 0.4) is 0 Å². The maximum atomic E-state index is 12.9. The summed E-state index contributed by atoms with van der Waals surface area (Å²) in [5.74, 6) is -0.948. The molecule has 8 heteroatoms. The fourth-order valence-corrected chi connectivity index (χ4v) is 4.40. The summed E-state index contributed by atoms with van der Waals surface area (Å²) >= 11 is 1.73. The average Bonchev–Trinajstić information content (AvgIpc) is 3.29. The van der Waals surface area contributed by atoms with E-state index < -0.39 is 24.2 Å². The number of hydrogen-bond donors (Lipinski definition) is 2. The molecule has 26 heavy (non-hydrogen) atoms. The predicted octanol–water partition coefficient (Wildman–Crippen LogP) is 0.951. The van der Waals surface area contributed by atoms with Gasteiger partial charge in [-0.25, -0.2) is 0 Å². The summed E-state index contributed by atoms with van der Waals surface area (Å²) in [5.41, 5.74) is 6.42. The van der Waals surface area contributed by atoms with E-state index in [0.29, 0.717) is 32.4 Å². The lowest BCUT2D eigenvalue weighted by atomic mass is 10.1. The van der Waals surface area contributed by atoms with Gasteiger partial charge >= 0.3 is 0 Å². The van der Waals surface area contributed by atoms with Crippen LogP contribution in [0.2, 0.25) is 0 Å². The summed E-state index contributed by atoms with van der Waals surface area (Å²) < 4.78 is 5.41. The van der Waals surface area contributed by atoms with Gasteiger partial charge in [0, 0.05) is 18.0 Å². The van der Waals surface area contributed by atoms with E-state index in [9.17, 15) is 14.4 Å². The highest BCUT2D eigenvalue weighted by atomic mass is 32.1.